The van der Waals surface area contributed by atoms with Crippen LogP contribution in [0.3, 0.4) is 0 Å². The largest absolute Gasteiger partial charge is 0.356 e. The second kappa shape index (κ2) is 6.07. The van der Waals surface area contributed by atoms with Crippen molar-refractivity contribution >= 4 is 5.78 Å². The molecule has 0 N–H and O–H groups in total. The Hall–Kier alpha value is -0.670. The smallest absolute Gasteiger partial charge is 0.160 e. The summed E-state index contributed by atoms with van der Waals surface area (Å²) in [5, 5.41) is 0. The Kier molecular flexibility index (Phi) is 5.70. The first-order valence-electron chi connectivity index (χ1n) is 3.43. The summed E-state index contributed by atoms with van der Waals surface area (Å²) < 4.78 is 9.79. The van der Waals surface area contributed by atoms with Gasteiger partial charge in [-0.1, -0.05) is 6.08 Å². The van der Waals surface area contributed by atoms with Crippen LogP contribution in [0.5, 0.6) is 0 Å². The highest BCUT2D eigenvalue weighted by Gasteiger charge is 1.99. The molecule has 0 saturated heterocycles. The van der Waals surface area contributed by atoms with Crippen LogP contribution in [0.25, 0.3) is 0 Å². The number of rotatable bonds is 5. The fraction of sp³-hybridized carbons (Fsp3) is 0.625. The zero-order chi connectivity index (χ0) is 8.69. The SMILES string of the molecule is COC(C/C=C/C(C)=O)OC. The van der Waals surface area contributed by atoms with Gasteiger partial charge in [0.05, 0.1) is 0 Å². The van der Waals surface area contributed by atoms with Crippen molar-refractivity contribution in [2.75, 3.05) is 14.2 Å². The molecular weight excluding hydrogens is 144 g/mol. The van der Waals surface area contributed by atoms with Gasteiger partial charge in [-0.2, -0.15) is 0 Å². The lowest BCUT2D eigenvalue weighted by atomic mass is 10.3. The number of carbonyl (C=O) groups is 1. The third-order valence-electron chi connectivity index (χ3n) is 1.21. The quantitative estimate of drug-likeness (QED) is 0.444. The molecule has 0 aromatic heterocycles. The number of ketones is 1. The minimum Gasteiger partial charge on any atom is -0.356 e. The summed E-state index contributed by atoms with van der Waals surface area (Å²) in [5.41, 5.74) is 0. The predicted octanol–water partition coefficient (Wildman–Crippen LogP) is 1.14. The topological polar surface area (TPSA) is 35.5 Å². The molecule has 0 radical (unpaired) electrons. The molecule has 0 fully saturated rings. The third kappa shape index (κ3) is 5.76. The summed E-state index contributed by atoms with van der Waals surface area (Å²) in [4.78, 5) is 10.4. The Morgan fingerprint density at radius 1 is 1.45 bits per heavy atom. The van der Waals surface area contributed by atoms with E-state index in [1.165, 1.54) is 13.0 Å². The first-order chi connectivity index (χ1) is 5.20. The van der Waals surface area contributed by atoms with E-state index in [-0.39, 0.29) is 12.1 Å². The molecule has 0 amide bonds. The molecule has 0 aromatic rings. The van der Waals surface area contributed by atoms with Crippen LogP contribution in [0.1, 0.15) is 13.3 Å². The van der Waals surface area contributed by atoms with E-state index in [0.717, 1.165) is 0 Å². The molecule has 0 unspecified atom stereocenters. The highest BCUT2D eigenvalue weighted by atomic mass is 16.7. The molecule has 0 aliphatic carbocycles. The molecule has 11 heavy (non-hydrogen) atoms. The van der Waals surface area contributed by atoms with Gasteiger partial charge in [0, 0.05) is 20.6 Å². The summed E-state index contributed by atoms with van der Waals surface area (Å²) in [6.45, 7) is 1.51. The van der Waals surface area contributed by atoms with Gasteiger partial charge in [0.15, 0.2) is 12.1 Å². The van der Waals surface area contributed by atoms with E-state index in [2.05, 4.69) is 0 Å². The summed E-state index contributed by atoms with van der Waals surface area (Å²) >= 11 is 0. The van der Waals surface area contributed by atoms with Crippen molar-refractivity contribution in [1.29, 1.82) is 0 Å². The molecule has 0 aliphatic heterocycles. The van der Waals surface area contributed by atoms with E-state index < -0.39 is 0 Å². The van der Waals surface area contributed by atoms with Crippen molar-refractivity contribution < 1.29 is 14.3 Å². The first kappa shape index (κ1) is 10.3. The van der Waals surface area contributed by atoms with E-state index in [9.17, 15) is 4.79 Å². The second-order valence-corrected chi connectivity index (χ2v) is 2.15. The minimum absolute atomic E-state index is 0.0379. The summed E-state index contributed by atoms with van der Waals surface area (Å²) in [5.74, 6) is 0.0379. The zero-order valence-corrected chi connectivity index (χ0v) is 7.16. The predicted molar refractivity (Wildman–Crippen MR) is 42.2 cm³/mol. The van der Waals surface area contributed by atoms with E-state index in [4.69, 9.17) is 9.47 Å². The van der Waals surface area contributed by atoms with E-state index in [0.29, 0.717) is 6.42 Å². The monoisotopic (exact) mass is 158 g/mol. The normalized spacial score (nSPS) is 11.3. The van der Waals surface area contributed by atoms with E-state index >= 15 is 0 Å². The Morgan fingerprint density at radius 3 is 2.36 bits per heavy atom. The molecular formula is C8H14O3. The second-order valence-electron chi connectivity index (χ2n) is 2.15. The van der Waals surface area contributed by atoms with Crippen LogP contribution < -0.4 is 0 Å². The summed E-state index contributed by atoms with van der Waals surface area (Å²) in [7, 11) is 3.13. The Morgan fingerprint density at radius 2 is 2.00 bits per heavy atom. The molecule has 0 saturated carbocycles. The fourth-order valence-electron chi connectivity index (χ4n) is 0.634. The van der Waals surface area contributed by atoms with Crippen LogP contribution in [0.15, 0.2) is 12.2 Å². The standard InChI is InChI=1S/C8H14O3/c1-7(9)5-4-6-8(10-2)11-3/h4-5,8H,6H2,1-3H3/b5-4+. The van der Waals surface area contributed by atoms with Gasteiger partial charge >= 0.3 is 0 Å². The van der Waals surface area contributed by atoms with Crippen LogP contribution in [-0.2, 0) is 14.3 Å². The van der Waals surface area contributed by atoms with Crippen molar-refractivity contribution in [2.24, 2.45) is 0 Å². The molecule has 0 heterocycles. The highest BCUT2D eigenvalue weighted by molar-refractivity contribution is 5.87. The van der Waals surface area contributed by atoms with Crippen molar-refractivity contribution in [3.05, 3.63) is 12.2 Å². The number of hydrogen-bond donors (Lipinski definition) is 0. The third-order valence-corrected chi connectivity index (χ3v) is 1.21. The van der Waals surface area contributed by atoms with Crippen molar-refractivity contribution in [3.63, 3.8) is 0 Å². The highest BCUT2D eigenvalue weighted by Crippen LogP contribution is 1.98. The van der Waals surface area contributed by atoms with Gasteiger partial charge in [0.2, 0.25) is 0 Å². The van der Waals surface area contributed by atoms with E-state index in [1.54, 1.807) is 20.3 Å². The van der Waals surface area contributed by atoms with Crippen LogP contribution in [0.4, 0.5) is 0 Å². The van der Waals surface area contributed by atoms with Crippen molar-refractivity contribution in [1.82, 2.24) is 0 Å². The molecule has 0 rings (SSSR count). The fourth-order valence-corrected chi connectivity index (χ4v) is 0.634. The zero-order valence-electron chi connectivity index (χ0n) is 7.16. The van der Waals surface area contributed by atoms with Crippen LogP contribution in [0.2, 0.25) is 0 Å². The molecule has 0 aliphatic rings. The first-order valence-corrected chi connectivity index (χ1v) is 3.43. The average Bonchev–Trinajstić information content (AvgIpc) is 1.98. The molecule has 0 atom stereocenters. The Bertz CT molecular complexity index is 136. The average molecular weight is 158 g/mol. The summed E-state index contributed by atoms with van der Waals surface area (Å²) in [6, 6.07) is 0. The van der Waals surface area contributed by atoms with Crippen LogP contribution >= 0.6 is 0 Å². The Balaban J connectivity index is 3.57. The van der Waals surface area contributed by atoms with Crippen molar-refractivity contribution in [3.8, 4) is 0 Å². The number of methoxy groups -OCH3 is 2. The maximum absolute atomic E-state index is 10.4. The maximum Gasteiger partial charge on any atom is 0.160 e. The van der Waals surface area contributed by atoms with Gasteiger partial charge in [-0.25, -0.2) is 0 Å². The van der Waals surface area contributed by atoms with Gasteiger partial charge in [0.1, 0.15) is 0 Å². The lowest BCUT2D eigenvalue weighted by Crippen LogP contribution is -2.11. The Labute approximate surface area is 67.0 Å². The maximum atomic E-state index is 10.4. The van der Waals surface area contributed by atoms with Gasteiger partial charge < -0.3 is 9.47 Å². The lowest BCUT2D eigenvalue weighted by Gasteiger charge is -2.09. The van der Waals surface area contributed by atoms with Gasteiger partial charge in [-0.05, 0) is 13.0 Å². The summed E-state index contributed by atoms with van der Waals surface area (Å²) in [6.07, 6.45) is 3.60. The van der Waals surface area contributed by atoms with Gasteiger partial charge in [-0.3, -0.25) is 4.79 Å². The number of carbonyl (C=O) groups excluding carboxylic acids is 1. The number of hydrogen-bond acceptors (Lipinski definition) is 3. The van der Waals surface area contributed by atoms with E-state index in [1.807, 2.05) is 0 Å². The minimum atomic E-state index is -0.245. The molecule has 0 bridgehead atoms. The molecule has 0 spiro atoms. The number of allylic oxidation sites excluding steroid dienone is 1. The molecule has 3 nitrogen and oxygen atoms in total. The van der Waals surface area contributed by atoms with Crippen LogP contribution in [0, 0.1) is 0 Å². The molecule has 3 heteroatoms. The van der Waals surface area contributed by atoms with Gasteiger partial charge in [0.25, 0.3) is 0 Å². The van der Waals surface area contributed by atoms with Crippen molar-refractivity contribution in [2.45, 2.75) is 19.6 Å². The number of ether oxygens (including phenoxy) is 2. The van der Waals surface area contributed by atoms with Gasteiger partial charge in [-0.15, -0.1) is 0 Å². The molecule has 64 valence electrons. The lowest BCUT2D eigenvalue weighted by molar-refractivity contribution is -0.112. The molecule has 0 aromatic carbocycles. The van der Waals surface area contributed by atoms with Crippen LogP contribution in [-0.4, -0.2) is 26.3 Å².